The van der Waals surface area contributed by atoms with Gasteiger partial charge in [0, 0.05) is 13.8 Å². The average molecular weight is 191 g/mol. The summed E-state index contributed by atoms with van der Waals surface area (Å²) < 4.78 is 0. The standard InChI is InChI=1S/C10H11N2O2/c1-7(13)11-9-5-3-4-6-10(9)12-8(2)14/h3,5-6H,1-2H3,(H,11,13)(H,12,14). The van der Waals surface area contributed by atoms with Crippen molar-refractivity contribution in [3.63, 3.8) is 0 Å². The molecule has 0 fully saturated rings. The molecule has 0 saturated carbocycles. The normalized spacial score (nSPS) is 9.29. The highest BCUT2D eigenvalue weighted by Gasteiger charge is 2.03. The summed E-state index contributed by atoms with van der Waals surface area (Å²) in [7, 11) is 0. The quantitative estimate of drug-likeness (QED) is 0.742. The molecule has 73 valence electrons. The molecule has 4 heteroatoms. The van der Waals surface area contributed by atoms with Crippen LogP contribution in [0.5, 0.6) is 0 Å². The second-order valence-electron chi connectivity index (χ2n) is 2.83. The summed E-state index contributed by atoms with van der Waals surface area (Å²) in [5, 5.41) is 5.20. The first kappa shape index (κ1) is 10.2. The van der Waals surface area contributed by atoms with Crippen LogP contribution in [0.4, 0.5) is 11.4 Å². The summed E-state index contributed by atoms with van der Waals surface area (Å²) in [4.78, 5) is 21.6. The molecule has 0 saturated heterocycles. The number of anilines is 2. The van der Waals surface area contributed by atoms with E-state index in [-0.39, 0.29) is 11.8 Å². The van der Waals surface area contributed by atoms with E-state index in [0.717, 1.165) is 0 Å². The van der Waals surface area contributed by atoms with Crippen molar-refractivity contribution in [2.24, 2.45) is 0 Å². The predicted octanol–water partition coefficient (Wildman–Crippen LogP) is 1.40. The first-order valence-corrected chi connectivity index (χ1v) is 4.15. The van der Waals surface area contributed by atoms with Crippen LogP contribution in [0.15, 0.2) is 18.2 Å². The topological polar surface area (TPSA) is 58.2 Å². The third kappa shape index (κ3) is 2.90. The Morgan fingerprint density at radius 1 is 1.14 bits per heavy atom. The Bertz CT molecular complexity index is 326. The molecule has 0 aliphatic rings. The molecule has 0 unspecified atom stereocenters. The van der Waals surface area contributed by atoms with Crippen LogP contribution in [0.2, 0.25) is 0 Å². The van der Waals surface area contributed by atoms with Crippen LogP contribution in [0.1, 0.15) is 13.8 Å². The summed E-state index contributed by atoms with van der Waals surface area (Å²) in [5.41, 5.74) is 1.13. The summed E-state index contributed by atoms with van der Waals surface area (Å²) >= 11 is 0. The van der Waals surface area contributed by atoms with Gasteiger partial charge in [0.05, 0.1) is 11.4 Å². The van der Waals surface area contributed by atoms with Gasteiger partial charge >= 0.3 is 0 Å². The highest BCUT2D eigenvalue weighted by Crippen LogP contribution is 2.20. The van der Waals surface area contributed by atoms with Crippen molar-refractivity contribution >= 4 is 23.2 Å². The van der Waals surface area contributed by atoms with E-state index >= 15 is 0 Å². The largest absolute Gasteiger partial charge is 0.325 e. The first-order chi connectivity index (χ1) is 6.59. The van der Waals surface area contributed by atoms with Gasteiger partial charge in [0.1, 0.15) is 0 Å². The molecule has 1 radical (unpaired) electrons. The van der Waals surface area contributed by atoms with Crippen molar-refractivity contribution in [3.8, 4) is 0 Å². The number of nitrogens with one attached hydrogen (secondary N) is 2. The van der Waals surface area contributed by atoms with Gasteiger partial charge in [-0.3, -0.25) is 9.59 Å². The average Bonchev–Trinajstić information content (AvgIpc) is 2.06. The van der Waals surface area contributed by atoms with Crippen molar-refractivity contribution in [2.45, 2.75) is 13.8 Å². The van der Waals surface area contributed by atoms with Crippen molar-refractivity contribution in [2.75, 3.05) is 10.6 Å². The number of hydrogen-bond donors (Lipinski definition) is 2. The van der Waals surface area contributed by atoms with Gasteiger partial charge < -0.3 is 10.6 Å². The first-order valence-electron chi connectivity index (χ1n) is 4.15. The van der Waals surface area contributed by atoms with Crippen molar-refractivity contribution in [1.82, 2.24) is 0 Å². The molecule has 1 rings (SSSR count). The highest BCUT2D eigenvalue weighted by atomic mass is 16.2. The predicted molar refractivity (Wildman–Crippen MR) is 53.9 cm³/mol. The molecule has 0 bridgehead atoms. The fraction of sp³-hybridized carbons (Fsp3) is 0.200. The zero-order valence-corrected chi connectivity index (χ0v) is 8.05. The number of carbonyl (C=O) groups excluding carboxylic acids is 2. The van der Waals surface area contributed by atoms with E-state index in [4.69, 9.17) is 0 Å². The maximum atomic E-state index is 10.8. The van der Waals surface area contributed by atoms with Gasteiger partial charge in [-0.25, -0.2) is 0 Å². The van der Waals surface area contributed by atoms with Crippen molar-refractivity contribution in [3.05, 3.63) is 24.3 Å². The molecular formula is C10H11N2O2. The van der Waals surface area contributed by atoms with Crippen LogP contribution in [-0.2, 0) is 9.59 Å². The highest BCUT2D eigenvalue weighted by molar-refractivity contribution is 5.97. The molecule has 2 amide bonds. The Kier molecular flexibility index (Phi) is 3.23. The number of amides is 2. The third-order valence-corrected chi connectivity index (χ3v) is 1.49. The minimum absolute atomic E-state index is 0.178. The van der Waals surface area contributed by atoms with E-state index in [2.05, 4.69) is 16.7 Å². The Balaban J connectivity index is 2.90. The summed E-state index contributed by atoms with van der Waals surface area (Å²) in [6, 6.07) is 7.75. The number of hydrogen-bond acceptors (Lipinski definition) is 2. The fourth-order valence-electron chi connectivity index (χ4n) is 1.02. The van der Waals surface area contributed by atoms with Gasteiger partial charge in [0.25, 0.3) is 0 Å². The summed E-state index contributed by atoms with van der Waals surface area (Å²) in [6.07, 6.45) is 0. The molecule has 4 nitrogen and oxygen atoms in total. The van der Waals surface area contributed by atoms with Gasteiger partial charge in [-0.05, 0) is 18.2 Å². The molecule has 1 aromatic rings. The summed E-state index contributed by atoms with van der Waals surface area (Å²) in [5.74, 6) is -0.362. The van der Waals surface area contributed by atoms with Crippen LogP contribution in [0.3, 0.4) is 0 Å². The van der Waals surface area contributed by atoms with Crippen LogP contribution in [0, 0.1) is 6.07 Å². The lowest BCUT2D eigenvalue weighted by molar-refractivity contribution is -0.115. The summed E-state index contributed by atoms with van der Waals surface area (Å²) in [6.45, 7) is 2.82. The SMILES string of the molecule is CC(=O)Nc1c[c]ccc1NC(C)=O. The molecular weight excluding hydrogens is 180 g/mol. The van der Waals surface area contributed by atoms with Gasteiger partial charge in [-0.15, -0.1) is 0 Å². The van der Waals surface area contributed by atoms with Crippen molar-refractivity contribution < 1.29 is 9.59 Å². The number of carbonyl (C=O) groups is 2. The van der Waals surface area contributed by atoms with Gasteiger partial charge in [-0.1, -0.05) is 6.07 Å². The van der Waals surface area contributed by atoms with Crippen LogP contribution in [0.25, 0.3) is 0 Å². The second-order valence-corrected chi connectivity index (χ2v) is 2.83. The van der Waals surface area contributed by atoms with E-state index in [1.165, 1.54) is 13.8 Å². The molecule has 14 heavy (non-hydrogen) atoms. The lowest BCUT2D eigenvalue weighted by atomic mass is 10.2. The lowest BCUT2D eigenvalue weighted by Crippen LogP contribution is -2.11. The molecule has 1 aromatic carbocycles. The number of benzene rings is 1. The van der Waals surface area contributed by atoms with E-state index in [1.807, 2.05) is 0 Å². The Labute approximate surface area is 82.3 Å². The van der Waals surface area contributed by atoms with Gasteiger partial charge in [0.2, 0.25) is 11.8 Å². The maximum absolute atomic E-state index is 10.8. The van der Waals surface area contributed by atoms with Gasteiger partial charge in [0.15, 0.2) is 0 Å². The van der Waals surface area contributed by atoms with E-state index in [9.17, 15) is 9.59 Å². The van der Waals surface area contributed by atoms with Crippen LogP contribution < -0.4 is 10.6 Å². The van der Waals surface area contributed by atoms with Crippen molar-refractivity contribution in [1.29, 1.82) is 0 Å². The minimum atomic E-state index is -0.184. The second kappa shape index (κ2) is 4.41. The van der Waals surface area contributed by atoms with E-state index in [1.54, 1.807) is 18.2 Å². The van der Waals surface area contributed by atoms with Crippen LogP contribution >= 0.6 is 0 Å². The smallest absolute Gasteiger partial charge is 0.221 e. The molecule has 0 aromatic heterocycles. The Morgan fingerprint density at radius 3 is 2.29 bits per heavy atom. The Morgan fingerprint density at radius 2 is 1.71 bits per heavy atom. The zero-order chi connectivity index (χ0) is 10.6. The molecule has 0 atom stereocenters. The molecule has 2 N–H and O–H groups in total. The molecule has 0 aliphatic carbocycles. The Hall–Kier alpha value is -1.84. The molecule has 0 heterocycles. The minimum Gasteiger partial charge on any atom is -0.325 e. The fourth-order valence-corrected chi connectivity index (χ4v) is 1.02. The monoisotopic (exact) mass is 191 g/mol. The maximum Gasteiger partial charge on any atom is 0.221 e. The van der Waals surface area contributed by atoms with Gasteiger partial charge in [-0.2, -0.15) is 0 Å². The zero-order valence-electron chi connectivity index (χ0n) is 8.05. The van der Waals surface area contributed by atoms with Crippen LogP contribution in [-0.4, -0.2) is 11.8 Å². The molecule has 0 aliphatic heterocycles. The number of rotatable bonds is 2. The lowest BCUT2D eigenvalue weighted by Gasteiger charge is -2.08. The molecule has 0 spiro atoms. The third-order valence-electron chi connectivity index (χ3n) is 1.49. The van der Waals surface area contributed by atoms with E-state index in [0.29, 0.717) is 11.4 Å². The van der Waals surface area contributed by atoms with E-state index < -0.39 is 0 Å².